The van der Waals surface area contributed by atoms with Gasteiger partial charge in [0.15, 0.2) is 0 Å². The van der Waals surface area contributed by atoms with Gasteiger partial charge in [0.2, 0.25) is 0 Å². The van der Waals surface area contributed by atoms with Crippen molar-refractivity contribution >= 4 is 16.9 Å². The number of fused-ring (bicyclic) bond motifs is 1. The van der Waals surface area contributed by atoms with Crippen molar-refractivity contribution in [2.24, 2.45) is 0 Å². The summed E-state index contributed by atoms with van der Waals surface area (Å²) in [4.78, 5) is 19.7. The van der Waals surface area contributed by atoms with Crippen molar-refractivity contribution < 1.29 is 18.7 Å². The van der Waals surface area contributed by atoms with E-state index >= 15 is 0 Å². The van der Waals surface area contributed by atoms with E-state index in [9.17, 15) is 18.7 Å². The van der Waals surface area contributed by atoms with Crippen molar-refractivity contribution in [3.05, 3.63) is 30.1 Å². The predicted octanol–water partition coefficient (Wildman–Crippen LogP) is 1.46. The molecule has 1 amide bonds. The van der Waals surface area contributed by atoms with Crippen LogP contribution in [0.15, 0.2) is 24.3 Å². The molecule has 3 rings (SSSR count). The van der Waals surface area contributed by atoms with Crippen LogP contribution in [0.25, 0.3) is 11.0 Å². The minimum Gasteiger partial charge on any atom is -0.384 e. The quantitative estimate of drug-likeness (QED) is 0.917. The van der Waals surface area contributed by atoms with Gasteiger partial charge in [-0.05, 0) is 19.1 Å². The summed E-state index contributed by atoms with van der Waals surface area (Å²) in [7, 11) is 0. The van der Waals surface area contributed by atoms with Crippen molar-refractivity contribution in [1.82, 2.24) is 19.4 Å². The van der Waals surface area contributed by atoms with E-state index < -0.39 is 12.7 Å². The van der Waals surface area contributed by atoms with Crippen LogP contribution in [0.2, 0.25) is 0 Å². The highest BCUT2D eigenvalue weighted by molar-refractivity contribution is 5.80. The number of hydrogen-bond donors (Lipinski definition) is 1. The third kappa shape index (κ3) is 3.25. The molecular formula is C16H20F2N4O2. The van der Waals surface area contributed by atoms with Gasteiger partial charge in [0.05, 0.1) is 17.6 Å². The van der Waals surface area contributed by atoms with Crippen molar-refractivity contribution in [2.45, 2.75) is 26.1 Å². The van der Waals surface area contributed by atoms with Gasteiger partial charge in [0, 0.05) is 26.2 Å². The summed E-state index contributed by atoms with van der Waals surface area (Å²) in [5, 5.41) is 9.35. The molecule has 0 spiro atoms. The molecule has 130 valence electrons. The standard InChI is InChI=1S/C16H20F2N4O2/c1-11(23)15(24)21-8-6-20(7-9-21)10-14-19-12-4-2-3-5-13(12)22(14)16(17)18/h2-5,11,16,23H,6-10H2,1H3. The normalized spacial score (nSPS) is 17.6. The largest absolute Gasteiger partial charge is 0.384 e. The second-order valence-electron chi connectivity index (χ2n) is 5.94. The lowest BCUT2D eigenvalue weighted by Crippen LogP contribution is -2.50. The molecule has 1 aliphatic heterocycles. The van der Waals surface area contributed by atoms with Crippen LogP contribution >= 0.6 is 0 Å². The minimum absolute atomic E-state index is 0.297. The van der Waals surface area contributed by atoms with Gasteiger partial charge in [-0.25, -0.2) is 4.98 Å². The van der Waals surface area contributed by atoms with Gasteiger partial charge in [-0.1, -0.05) is 12.1 Å². The number of piperazine rings is 1. The Hall–Kier alpha value is -2.06. The summed E-state index contributed by atoms with van der Waals surface area (Å²) >= 11 is 0. The first-order chi connectivity index (χ1) is 11.5. The van der Waals surface area contributed by atoms with Crippen LogP contribution < -0.4 is 0 Å². The molecule has 1 aromatic carbocycles. The summed E-state index contributed by atoms with van der Waals surface area (Å²) in [6.07, 6.45) is -1.01. The van der Waals surface area contributed by atoms with E-state index in [2.05, 4.69) is 4.98 Å². The fraction of sp³-hybridized carbons (Fsp3) is 0.500. The Bertz CT molecular complexity index is 724. The molecule has 6 nitrogen and oxygen atoms in total. The predicted molar refractivity (Wildman–Crippen MR) is 84.5 cm³/mol. The molecule has 2 aromatic rings. The molecule has 0 aliphatic carbocycles. The summed E-state index contributed by atoms with van der Waals surface area (Å²) in [5.41, 5.74) is 0.973. The van der Waals surface area contributed by atoms with Crippen molar-refractivity contribution in [1.29, 1.82) is 0 Å². The van der Waals surface area contributed by atoms with Gasteiger partial charge >= 0.3 is 6.55 Å². The van der Waals surface area contributed by atoms with Gasteiger partial charge in [-0.2, -0.15) is 8.78 Å². The Kier molecular flexibility index (Phi) is 4.77. The zero-order chi connectivity index (χ0) is 17.3. The molecule has 24 heavy (non-hydrogen) atoms. The average molecular weight is 338 g/mol. The van der Waals surface area contributed by atoms with E-state index in [0.717, 1.165) is 4.57 Å². The maximum absolute atomic E-state index is 13.4. The molecule has 1 fully saturated rings. The molecule has 1 N–H and O–H groups in total. The number of halogens is 2. The highest BCUT2D eigenvalue weighted by atomic mass is 19.3. The zero-order valence-corrected chi connectivity index (χ0v) is 13.4. The number of aliphatic hydroxyl groups is 1. The van der Waals surface area contributed by atoms with E-state index in [1.165, 1.54) is 6.92 Å². The van der Waals surface area contributed by atoms with Crippen LogP contribution in [0.1, 0.15) is 19.3 Å². The number of aliphatic hydroxyl groups excluding tert-OH is 1. The van der Waals surface area contributed by atoms with Crippen LogP contribution in [0.4, 0.5) is 8.78 Å². The molecule has 8 heteroatoms. The Morgan fingerprint density at radius 2 is 1.92 bits per heavy atom. The summed E-state index contributed by atoms with van der Waals surface area (Å²) in [5.74, 6) is 0.0240. The second-order valence-corrected chi connectivity index (χ2v) is 5.94. The number of rotatable bonds is 4. The monoisotopic (exact) mass is 338 g/mol. The molecule has 2 heterocycles. The fourth-order valence-electron chi connectivity index (χ4n) is 3.01. The fourth-order valence-corrected chi connectivity index (χ4v) is 3.01. The highest BCUT2D eigenvalue weighted by Crippen LogP contribution is 2.24. The number of nitrogens with zero attached hydrogens (tertiary/aromatic N) is 4. The van der Waals surface area contributed by atoms with E-state index in [-0.39, 0.29) is 5.91 Å². The van der Waals surface area contributed by atoms with Crippen molar-refractivity contribution in [3.63, 3.8) is 0 Å². The van der Waals surface area contributed by atoms with Crippen molar-refractivity contribution in [2.75, 3.05) is 26.2 Å². The Labute approximate surface area is 138 Å². The molecule has 0 bridgehead atoms. The molecule has 0 radical (unpaired) electrons. The molecule has 1 unspecified atom stereocenters. The maximum atomic E-state index is 13.4. The van der Waals surface area contributed by atoms with Crippen LogP contribution in [0, 0.1) is 0 Å². The highest BCUT2D eigenvalue weighted by Gasteiger charge is 2.25. The topological polar surface area (TPSA) is 61.6 Å². The Morgan fingerprint density at radius 1 is 1.25 bits per heavy atom. The van der Waals surface area contributed by atoms with Gasteiger partial charge < -0.3 is 10.0 Å². The van der Waals surface area contributed by atoms with Crippen LogP contribution in [0.3, 0.4) is 0 Å². The molecule has 0 saturated carbocycles. The van der Waals surface area contributed by atoms with E-state index in [4.69, 9.17) is 0 Å². The second kappa shape index (κ2) is 6.82. The van der Waals surface area contributed by atoms with E-state index in [1.807, 2.05) is 4.90 Å². The number of aromatic nitrogens is 2. The molecule has 1 aromatic heterocycles. The number of para-hydroxylation sites is 2. The third-order valence-corrected chi connectivity index (χ3v) is 4.27. The van der Waals surface area contributed by atoms with Gasteiger partial charge in [0.25, 0.3) is 5.91 Å². The molecular weight excluding hydrogens is 318 g/mol. The van der Waals surface area contributed by atoms with Gasteiger partial charge in [-0.15, -0.1) is 0 Å². The van der Waals surface area contributed by atoms with Crippen LogP contribution in [-0.4, -0.2) is 62.6 Å². The van der Waals surface area contributed by atoms with Crippen LogP contribution in [-0.2, 0) is 11.3 Å². The molecule has 1 atom stereocenters. The summed E-state index contributed by atoms with van der Waals surface area (Å²) in [6.45, 7) is 1.16. The first-order valence-electron chi connectivity index (χ1n) is 7.90. The minimum atomic E-state index is -2.65. The lowest BCUT2D eigenvalue weighted by Gasteiger charge is -2.35. The number of amides is 1. The first kappa shape index (κ1) is 16.8. The summed E-state index contributed by atoms with van der Waals surface area (Å²) in [6, 6.07) is 6.84. The Balaban J connectivity index is 1.72. The van der Waals surface area contributed by atoms with Gasteiger partial charge in [0.1, 0.15) is 11.9 Å². The number of carbonyl (C=O) groups excluding carboxylic acids is 1. The number of imidazole rings is 1. The van der Waals surface area contributed by atoms with Gasteiger partial charge in [-0.3, -0.25) is 14.3 Å². The number of carbonyl (C=O) groups is 1. The van der Waals surface area contributed by atoms with E-state index in [1.54, 1.807) is 29.2 Å². The lowest BCUT2D eigenvalue weighted by molar-refractivity contribution is -0.141. The number of benzene rings is 1. The first-order valence-corrected chi connectivity index (χ1v) is 7.90. The zero-order valence-electron chi connectivity index (χ0n) is 13.4. The molecule has 1 aliphatic rings. The molecule has 1 saturated heterocycles. The summed E-state index contributed by atoms with van der Waals surface area (Å²) < 4.78 is 27.8. The number of hydrogen-bond acceptors (Lipinski definition) is 4. The SMILES string of the molecule is CC(O)C(=O)N1CCN(Cc2nc3ccccc3n2C(F)F)CC1. The van der Waals surface area contributed by atoms with E-state index in [0.29, 0.717) is 49.6 Å². The third-order valence-electron chi connectivity index (χ3n) is 4.27. The van der Waals surface area contributed by atoms with Crippen molar-refractivity contribution in [3.8, 4) is 0 Å². The maximum Gasteiger partial charge on any atom is 0.320 e. The van der Waals surface area contributed by atoms with Crippen LogP contribution in [0.5, 0.6) is 0 Å². The average Bonchev–Trinajstić information content (AvgIpc) is 2.92. The Morgan fingerprint density at radius 3 is 2.54 bits per heavy atom. The lowest BCUT2D eigenvalue weighted by atomic mass is 10.2. The number of alkyl halides is 2. The smallest absolute Gasteiger partial charge is 0.320 e.